The molecule has 2 aromatic carbocycles. The highest BCUT2D eigenvalue weighted by Gasteiger charge is 2.74. The van der Waals surface area contributed by atoms with Crippen molar-refractivity contribution in [3.63, 3.8) is 0 Å². The molecular formula is C28H26BrN7O3. The van der Waals surface area contributed by atoms with Crippen LogP contribution < -0.4 is 0 Å². The number of likely N-dealkylation sites (N-methyl/N-ethyl adjacent to an activating group) is 4. The third kappa shape index (κ3) is 2.56. The largest absolute Gasteiger partial charge is 0.361 e. The molecule has 4 aromatic rings. The molecule has 2 spiro atoms. The number of nitrogens with zero attached hydrogens (tertiary/aromatic N) is 4. The topological polar surface area (TPSA) is 120 Å². The molecule has 4 amide bonds. The molecule has 0 unspecified atom stereocenters. The molecule has 198 valence electrons. The standard InChI is InChI=1S/C28H26BrN7O3/c1-33-24(38)28(35(3)25(33)30)21(18-13-31-20-11-14(29)9-10-16(18)20)27(23(37)34(2)26(39)36(27)4)12-17-15-7-5-6-8-19(15)32-22(17)28/h5-11,13,21,30-32H,12H2,1-4H3/t21-,27-,28+/m0/s1. The molecule has 1 aliphatic carbocycles. The number of para-hydroxylation sites is 1. The number of hydrogen-bond donors (Lipinski definition) is 3. The normalized spacial score (nSPS) is 26.9. The van der Waals surface area contributed by atoms with Crippen LogP contribution in [0, 0.1) is 5.41 Å². The Hall–Kier alpha value is -4.12. The number of fused-ring (bicyclic) bond motifs is 5. The van der Waals surface area contributed by atoms with Crippen LogP contribution in [0.15, 0.2) is 53.1 Å². The number of aromatic nitrogens is 2. The molecule has 10 nitrogen and oxygen atoms in total. The third-order valence-electron chi connectivity index (χ3n) is 9.17. The van der Waals surface area contributed by atoms with Crippen molar-refractivity contribution in [1.82, 2.24) is 29.6 Å². The molecule has 2 aliphatic heterocycles. The molecule has 7 rings (SSSR count). The van der Waals surface area contributed by atoms with Crippen molar-refractivity contribution in [2.75, 3.05) is 28.2 Å². The molecule has 2 fully saturated rings. The molecule has 0 bridgehead atoms. The van der Waals surface area contributed by atoms with E-state index in [1.54, 1.807) is 26.0 Å². The van der Waals surface area contributed by atoms with Crippen LogP contribution in [0.25, 0.3) is 21.8 Å². The summed E-state index contributed by atoms with van der Waals surface area (Å²) in [5.41, 5.74) is 0.907. The molecule has 3 aliphatic rings. The van der Waals surface area contributed by atoms with Gasteiger partial charge in [0.15, 0.2) is 5.54 Å². The van der Waals surface area contributed by atoms with Crippen LogP contribution in [0.4, 0.5) is 4.79 Å². The lowest BCUT2D eigenvalue weighted by atomic mass is 9.58. The number of benzene rings is 2. The first-order valence-electron chi connectivity index (χ1n) is 12.6. The summed E-state index contributed by atoms with van der Waals surface area (Å²) >= 11 is 3.53. The third-order valence-corrected chi connectivity index (χ3v) is 9.66. The van der Waals surface area contributed by atoms with Gasteiger partial charge in [0.1, 0.15) is 5.54 Å². The van der Waals surface area contributed by atoms with E-state index >= 15 is 0 Å². The van der Waals surface area contributed by atoms with Gasteiger partial charge in [0.2, 0.25) is 5.96 Å². The number of carbonyl (C=O) groups is 3. The highest BCUT2D eigenvalue weighted by atomic mass is 79.9. The Morgan fingerprint density at radius 3 is 2.33 bits per heavy atom. The number of urea groups is 1. The fourth-order valence-electron chi connectivity index (χ4n) is 7.32. The summed E-state index contributed by atoms with van der Waals surface area (Å²) in [6, 6.07) is 13.1. The number of carbonyl (C=O) groups excluding carboxylic acids is 3. The van der Waals surface area contributed by atoms with Gasteiger partial charge in [0.05, 0.1) is 11.6 Å². The van der Waals surface area contributed by atoms with E-state index < -0.39 is 23.0 Å². The van der Waals surface area contributed by atoms with E-state index in [2.05, 4.69) is 25.9 Å². The summed E-state index contributed by atoms with van der Waals surface area (Å²) in [5, 5.41) is 10.6. The minimum absolute atomic E-state index is 0.0158. The van der Waals surface area contributed by atoms with Gasteiger partial charge in [-0.05, 0) is 29.3 Å². The lowest BCUT2D eigenvalue weighted by Crippen LogP contribution is -2.67. The predicted octanol–water partition coefficient (Wildman–Crippen LogP) is 3.55. The van der Waals surface area contributed by atoms with Gasteiger partial charge in [-0.15, -0.1) is 0 Å². The number of guanidine groups is 1. The lowest BCUT2D eigenvalue weighted by molar-refractivity contribution is -0.142. The Kier molecular flexibility index (Phi) is 4.61. The van der Waals surface area contributed by atoms with Gasteiger partial charge in [-0.25, -0.2) is 4.79 Å². The fourth-order valence-corrected chi connectivity index (χ4v) is 7.68. The van der Waals surface area contributed by atoms with Crippen LogP contribution in [-0.2, 0) is 21.5 Å². The quantitative estimate of drug-likeness (QED) is 0.295. The second-order valence-electron chi connectivity index (χ2n) is 10.7. The van der Waals surface area contributed by atoms with E-state index in [9.17, 15) is 14.4 Å². The smallest absolute Gasteiger partial charge is 0.327 e. The fraction of sp³-hybridized carbons (Fsp3) is 0.286. The molecule has 0 saturated carbocycles. The number of aromatic amines is 2. The number of amides is 4. The zero-order valence-electron chi connectivity index (χ0n) is 21.8. The maximum Gasteiger partial charge on any atom is 0.327 e. The Labute approximate surface area is 232 Å². The summed E-state index contributed by atoms with van der Waals surface area (Å²) in [6.45, 7) is 0. The van der Waals surface area contributed by atoms with Gasteiger partial charge >= 0.3 is 6.03 Å². The number of halogens is 1. The number of hydrogen-bond acceptors (Lipinski definition) is 4. The van der Waals surface area contributed by atoms with Gasteiger partial charge in [-0.2, -0.15) is 0 Å². The zero-order valence-corrected chi connectivity index (χ0v) is 23.4. The second-order valence-corrected chi connectivity index (χ2v) is 11.6. The average molecular weight is 588 g/mol. The van der Waals surface area contributed by atoms with Gasteiger partial charge < -0.3 is 19.8 Å². The van der Waals surface area contributed by atoms with Crippen LogP contribution >= 0.6 is 15.9 Å². The molecule has 39 heavy (non-hydrogen) atoms. The minimum atomic E-state index is -1.50. The van der Waals surface area contributed by atoms with Crippen LogP contribution in [0.3, 0.4) is 0 Å². The molecule has 0 radical (unpaired) electrons. The van der Waals surface area contributed by atoms with Crippen LogP contribution in [0.1, 0.15) is 22.7 Å². The molecule has 2 aromatic heterocycles. The van der Waals surface area contributed by atoms with Crippen molar-refractivity contribution in [3.05, 3.63) is 70.0 Å². The minimum Gasteiger partial charge on any atom is -0.361 e. The van der Waals surface area contributed by atoms with Gasteiger partial charge in [-0.1, -0.05) is 40.2 Å². The van der Waals surface area contributed by atoms with Gasteiger partial charge in [-0.3, -0.25) is 24.8 Å². The van der Waals surface area contributed by atoms with Crippen LogP contribution in [0.5, 0.6) is 0 Å². The second kappa shape index (κ2) is 7.50. The van der Waals surface area contributed by atoms with Crippen molar-refractivity contribution >= 4 is 61.5 Å². The van der Waals surface area contributed by atoms with Crippen molar-refractivity contribution in [3.8, 4) is 0 Å². The Bertz CT molecular complexity index is 1790. The maximum absolute atomic E-state index is 14.6. The van der Waals surface area contributed by atoms with E-state index in [0.29, 0.717) is 5.69 Å². The Balaban J connectivity index is 1.68. The predicted molar refractivity (Wildman–Crippen MR) is 149 cm³/mol. The van der Waals surface area contributed by atoms with Crippen molar-refractivity contribution in [2.24, 2.45) is 0 Å². The first-order chi connectivity index (χ1) is 18.6. The zero-order chi connectivity index (χ0) is 27.6. The van der Waals surface area contributed by atoms with E-state index in [1.165, 1.54) is 16.8 Å². The number of imide groups is 1. The van der Waals surface area contributed by atoms with Crippen molar-refractivity contribution < 1.29 is 14.4 Å². The molecular weight excluding hydrogens is 562 g/mol. The van der Waals surface area contributed by atoms with Crippen LogP contribution in [0.2, 0.25) is 0 Å². The lowest BCUT2D eigenvalue weighted by Gasteiger charge is -2.53. The summed E-state index contributed by atoms with van der Waals surface area (Å²) in [7, 11) is 6.44. The molecule has 11 heteroatoms. The number of H-pyrrole nitrogens is 2. The molecule has 2 saturated heterocycles. The van der Waals surface area contributed by atoms with E-state index in [-0.39, 0.29) is 24.2 Å². The van der Waals surface area contributed by atoms with Crippen molar-refractivity contribution in [2.45, 2.75) is 23.4 Å². The highest BCUT2D eigenvalue weighted by Crippen LogP contribution is 2.61. The number of nitrogens with one attached hydrogen (secondary N) is 3. The van der Waals surface area contributed by atoms with Gasteiger partial charge in [0, 0.05) is 67.1 Å². The van der Waals surface area contributed by atoms with E-state index in [4.69, 9.17) is 5.41 Å². The summed E-state index contributed by atoms with van der Waals surface area (Å²) in [6.07, 6.45) is 2.05. The van der Waals surface area contributed by atoms with E-state index in [1.807, 2.05) is 48.7 Å². The number of rotatable bonds is 1. The first-order valence-corrected chi connectivity index (χ1v) is 13.4. The van der Waals surface area contributed by atoms with E-state index in [0.717, 1.165) is 42.3 Å². The van der Waals surface area contributed by atoms with Gasteiger partial charge in [0.25, 0.3) is 11.8 Å². The summed E-state index contributed by atoms with van der Waals surface area (Å²) in [5.74, 6) is -1.54. The molecule has 3 atom stereocenters. The highest BCUT2D eigenvalue weighted by molar-refractivity contribution is 9.10. The SMILES string of the molecule is CN1C(=N)N(C)[C@@]2(C1=O)c1[nH]c3ccccc3c1C[C@@]1(C(=O)N(C)C(=O)N1C)[C@@H]2c1c[nH]c2cc(Br)ccc12. The Morgan fingerprint density at radius 2 is 1.67 bits per heavy atom. The first kappa shape index (κ1) is 24.0. The summed E-state index contributed by atoms with van der Waals surface area (Å²) < 4.78 is 0.883. The van der Waals surface area contributed by atoms with Crippen molar-refractivity contribution in [1.29, 1.82) is 5.41 Å². The maximum atomic E-state index is 14.6. The van der Waals surface area contributed by atoms with Crippen LogP contribution in [-0.4, -0.2) is 87.1 Å². The molecule has 3 N–H and O–H groups in total. The average Bonchev–Trinajstić information content (AvgIpc) is 3.60. The Morgan fingerprint density at radius 1 is 0.923 bits per heavy atom. The molecule has 4 heterocycles. The summed E-state index contributed by atoms with van der Waals surface area (Å²) in [4.78, 5) is 55.0. The monoisotopic (exact) mass is 587 g/mol.